The van der Waals surface area contributed by atoms with Crippen LogP contribution in [-0.4, -0.2) is 56.4 Å². The highest BCUT2D eigenvalue weighted by molar-refractivity contribution is 14.0. The van der Waals surface area contributed by atoms with E-state index in [0.29, 0.717) is 12.5 Å². The number of aliphatic imine (C=N–C) groups is 1. The fourth-order valence-corrected chi connectivity index (χ4v) is 3.03. The summed E-state index contributed by atoms with van der Waals surface area (Å²) in [6.45, 7) is 13.5. The maximum Gasteiger partial charge on any atom is 0.194 e. The second kappa shape index (κ2) is 12.4. The molecule has 6 heteroatoms. The Balaban J connectivity index is 0.00000338. The molecular formula is C20H34IN3O2. The lowest BCUT2D eigenvalue weighted by molar-refractivity contribution is 0.114. The number of rotatable bonds is 8. The van der Waals surface area contributed by atoms with Gasteiger partial charge in [0.2, 0.25) is 0 Å². The normalized spacial score (nSPS) is 18.4. The van der Waals surface area contributed by atoms with Crippen molar-refractivity contribution in [3.05, 3.63) is 29.8 Å². The molecule has 0 saturated carbocycles. The third-order valence-electron chi connectivity index (χ3n) is 4.40. The van der Waals surface area contributed by atoms with Crippen molar-refractivity contribution in [3.63, 3.8) is 0 Å². The Morgan fingerprint density at radius 1 is 1.35 bits per heavy atom. The summed E-state index contributed by atoms with van der Waals surface area (Å²) >= 11 is 0. The van der Waals surface area contributed by atoms with E-state index in [0.717, 1.165) is 50.1 Å². The smallest absolute Gasteiger partial charge is 0.194 e. The van der Waals surface area contributed by atoms with Crippen LogP contribution in [0.3, 0.4) is 0 Å². The summed E-state index contributed by atoms with van der Waals surface area (Å²) in [5.41, 5.74) is 1.16. The molecule has 1 aromatic rings. The Kier molecular flexibility index (Phi) is 11.0. The van der Waals surface area contributed by atoms with E-state index in [-0.39, 0.29) is 30.1 Å². The molecule has 2 unspecified atom stereocenters. The zero-order chi connectivity index (χ0) is 18.1. The van der Waals surface area contributed by atoms with Gasteiger partial charge in [0.25, 0.3) is 0 Å². The van der Waals surface area contributed by atoms with Crippen LogP contribution in [0.5, 0.6) is 5.75 Å². The molecule has 1 saturated heterocycles. The quantitative estimate of drug-likeness (QED) is 0.354. The number of ether oxygens (including phenoxy) is 2. The number of nitrogens with zero attached hydrogens (tertiary/aromatic N) is 2. The summed E-state index contributed by atoms with van der Waals surface area (Å²) in [7, 11) is 0. The van der Waals surface area contributed by atoms with Crippen molar-refractivity contribution in [1.82, 2.24) is 10.2 Å². The third-order valence-corrected chi connectivity index (χ3v) is 4.40. The summed E-state index contributed by atoms with van der Waals surface area (Å²) in [6, 6.07) is 8.11. The average Bonchev–Trinajstić information content (AvgIpc) is 3.07. The van der Waals surface area contributed by atoms with Crippen LogP contribution in [0.2, 0.25) is 0 Å². The molecule has 2 rings (SSSR count). The lowest BCUT2D eigenvalue weighted by atomic mass is 10.1. The predicted molar refractivity (Wildman–Crippen MR) is 119 cm³/mol. The van der Waals surface area contributed by atoms with Crippen molar-refractivity contribution in [2.45, 2.75) is 40.2 Å². The molecule has 1 aliphatic heterocycles. The fourth-order valence-electron chi connectivity index (χ4n) is 3.03. The molecule has 0 aliphatic carbocycles. The maximum absolute atomic E-state index is 6.04. The lowest BCUT2D eigenvalue weighted by Gasteiger charge is -2.22. The topological polar surface area (TPSA) is 46.1 Å². The molecule has 0 bridgehead atoms. The fraction of sp³-hybridized carbons (Fsp3) is 0.650. The van der Waals surface area contributed by atoms with Gasteiger partial charge < -0.3 is 19.7 Å². The Labute approximate surface area is 175 Å². The van der Waals surface area contributed by atoms with Crippen molar-refractivity contribution in [2.24, 2.45) is 10.9 Å². The summed E-state index contributed by atoms with van der Waals surface area (Å²) in [6.07, 6.45) is 1.20. The van der Waals surface area contributed by atoms with Gasteiger partial charge in [0.05, 0.1) is 13.2 Å². The van der Waals surface area contributed by atoms with Gasteiger partial charge in [0.1, 0.15) is 11.9 Å². The van der Waals surface area contributed by atoms with Crippen molar-refractivity contribution >= 4 is 29.9 Å². The largest absolute Gasteiger partial charge is 0.489 e. The zero-order valence-corrected chi connectivity index (χ0v) is 18.9. The van der Waals surface area contributed by atoms with Crippen molar-refractivity contribution in [1.29, 1.82) is 0 Å². The minimum absolute atomic E-state index is 0. The van der Waals surface area contributed by atoms with Gasteiger partial charge in [0.15, 0.2) is 5.96 Å². The zero-order valence-electron chi connectivity index (χ0n) is 16.5. The van der Waals surface area contributed by atoms with Crippen LogP contribution < -0.4 is 10.1 Å². The first kappa shape index (κ1) is 23.0. The second-order valence-corrected chi connectivity index (χ2v) is 6.65. The number of likely N-dealkylation sites (tertiary alicyclic amines) is 1. The van der Waals surface area contributed by atoms with E-state index >= 15 is 0 Å². The Morgan fingerprint density at radius 3 is 2.81 bits per heavy atom. The predicted octanol–water partition coefficient (Wildman–Crippen LogP) is 3.70. The van der Waals surface area contributed by atoms with E-state index < -0.39 is 0 Å². The Bertz CT molecular complexity index is 554. The molecule has 1 heterocycles. The third kappa shape index (κ3) is 7.31. The van der Waals surface area contributed by atoms with Gasteiger partial charge in [-0.05, 0) is 45.7 Å². The lowest BCUT2D eigenvalue weighted by Crippen LogP contribution is -2.41. The number of hydrogen-bond donors (Lipinski definition) is 1. The molecular weight excluding hydrogens is 441 g/mol. The van der Waals surface area contributed by atoms with Gasteiger partial charge in [-0.1, -0.05) is 18.2 Å². The highest BCUT2D eigenvalue weighted by Gasteiger charge is 2.25. The van der Waals surface area contributed by atoms with Gasteiger partial charge in [-0.2, -0.15) is 0 Å². The van der Waals surface area contributed by atoms with E-state index in [1.165, 1.54) is 6.42 Å². The van der Waals surface area contributed by atoms with Gasteiger partial charge in [-0.25, -0.2) is 4.99 Å². The molecule has 0 aromatic heterocycles. The van der Waals surface area contributed by atoms with Crippen LogP contribution in [0, 0.1) is 12.8 Å². The summed E-state index contributed by atoms with van der Waals surface area (Å²) in [5, 5.41) is 3.41. The van der Waals surface area contributed by atoms with Gasteiger partial charge >= 0.3 is 0 Å². The molecule has 1 N–H and O–H groups in total. The number of halogens is 1. The minimum Gasteiger partial charge on any atom is -0.489 e. The van der Waals surface area contributed by atoms with Crippen LogP contribution in [0.1, 0.15) is 32.8 Å². The number of nitrogens with one attached hydrogen (secondary N) is 1. The van der Waals surface area contributed by atoms with Crippen LogP contribution >= 0.6 is 24.0 Å². The average molecular weight is 475 g/mol. The number of guanidine groups is 1. The molecule has 0 spiro atoms. The Morgan fingerprint density at radius 2 is 2.12 bits per heavy atom. The summed E-state index contributed by atoms with van der Waals surface area (Å²) < 4.78 is 11.6. The van der Waals surface area contributed by atoms with Crippen molar-refractivity contribution < 1.29 is 9.47 Å². The first-order chi connectivity index (χ1) is 12.1. The molecule has 148 valence electrons. The van der Waals surface area contributed by atoms with Crippen molar-refractivity contribution in [3.8, 4) is 5.75 Å². The van der Waals surface area contributed by atoms with E-state index in [2.05, 4.69) is 37.1 Å². The monoisotopic (exact) mass is 475 g/mol. The van der Waals surface area contributed by atoms with Crippen LogP contribution in [0.25, 0.3) is 0 Å². The van der Waals surface area contributed by atoms with E-state index in [9.17, 15) is 0 Å². The SMILES string of the molecule is CCNC(=NCC(C)Oc1ccccc1C)N1CCC(COCC)C1.I. The first-order valence-corrected chi connectivity index (χ1v) is 9.47. The van der Waals surface area contributed by atoms with Gasteiger partial charge in [-0.3, -0.25) is 0 Å². The number of hydrogen-bond acceptors (Lipinski definition) is 3. The molecule has 1 aliphatic rings. The second-order valence-electron chi connectivity index (χ2n) is 6.65. The number of para-hydroxylation sites is 1. The number of aryl methyl sites for hydroxylation is 1. The van der Waals surface area contributed by atoms with E-state index in [4.69, 9.17) is 14.5 Å². The van der Waals surface area contributed by atoms with Crippen molar-refractivity contribution in [2.75, 3.05) is 39.4 Å². The van der Waals surface area contributed by atoms with Crippen LogP contribution in [0.15, 0.2) is 29.3 Å². The molecule has 0 radical (unpaired) electrons. The van der Waals surface area contributed by atoms with Crippen LogP contribution in [0.4, 0.5) is 0 Å². The molecule has 5 nitrogen and oxygen atoms in total. The van der Waals surface area contributed by atoms with Gasteiger partial charge in [0, 0.05) is 32.2 Å². The van der Waals surface area contributed by atoms with E-state index in [1.807, 2.05) is 25.1 Å². The highest BCUT2D eigenvalue weighted by Crippen LogP contribution is 2.19. The van der Waals surface area contributed by atoms with Gasteiger partial charge in [-0.15, -0.1) is 24.0 Å². The maximum atomic E-state index is 6.04. The molecule has 2 atom stereocenters. The summed E-state index contributed by atoms with van der Waals surface area (Å²) in [5.74, 6) is 2.53. The Hall–Kier alpha value is -1.02. The van der Waals surface area contributed by atoms with Crippen LogP contribution in [-0.2, 0) is 4.74 Å². The standard InChI is InChI=1S/C20H33N3O2.HI/c1-5-21-20(23-12-11-18(14-23)15-24-6-2)22-13-17(4)25-19-10-8-7-9-16(19)3;/h7-10,17-18H,5-6,11-15H2,1-4H3,(H,21,22);1H. The minimum atomic E-state index is 0. The molecule has 1 aromatic carbocycles. The highest BCUT2D eigenvalue weighted by atomic mass is 127. The molecule has 1 fully saturated rings. The van der Waals surface area contributed by atoms with E-state index in [1.54, 1.807) is 0 Å². The molecule has 0 amide bonds. The first-order valence-electron chi connectivity index (χ1n) is 9.47. The number of benzene rings is 1. The summed E-state index contributed by atoms with van der Waals surface area (Å²) in [4.78, 5) is 7.14. The molecule has 26 heavy (non-hydrogen) atoms.